The van der Waals surface area contributed by atoms with Crippen molar-refractivity contribution in [2.75, 3.05) is 20.1 Å². The van der Waals surface area contributed by atoms with Gasteiger partial charge < -0.3 is 4.90 Å². The summed E-state index contributed by atoms with van der Waals surface area (Å²) in [6, 6.07) is 0. The quantitative estimate of drug-likeness (QED) is 0.581. The molecule has 0 amide bonds. The van der Waals surface area contributed by atoms with Crippen LogP contribution in [0.1, 0.15) is 40.5 Å². The van der Waals surface area contributed by atoms with Gasteiger partial charge in [-0.1, -0.05) is 27.7 Å². The Balaban J connectivity index is 0.000000791. The third-order valence-corrected chi connectivity index (χ3v) is 3.28. The summed E-state index contributed by atoms with van der Waals surface area (Å²) in [6.45, 7) is 10.9. The van der Waals surface area contributed by atoms with Gasteiger partial charge in [0.05, 0.1) is 0 Å². The van der Waals surface area contributed by atoms with Crippen LogP contribution in [-0.2, 0) is 0 Å². The Morgan fingerprint density at radius 3 is 2.50 bits per heavy atom. The molecule has 0 radical (unpaired) electrons. The van der Waals surface area contributed by atoms with Gasteiger partial charge in [-0.25, -0.2) is 0 Å². The van der Waals surface area contributed by atoms with Crippen LogP contribution in [-0.4, -0.2) is 25.0 Å². The van der Waals surface area contributed by atoms with Crippen molar-refractivity contribution < 1.29 is 0 Å². The summed E-state index contributed by atoms with van der Waals surface area (Å²) in [5.41, 5.74) is 0.349. The molecule has 0 aromatic heterocycles. The van der Waals surface area contributed by atoms with E-state index in [2.05, 4.69) is 31.7 Å². The van der Waals surface area contributed by atoms with E-state index < -0.39 is 0 Å². The summed E-state index contributed by atoms with van der Waals surface area (Å²) in [4.78, 5) is 2.39. The smallest absolute Gasteiger partial charge is 0.0278 e. The van der Waals surface area contributed by atoms with Crippen molar-refractivity contribution in [2.45, 2.75) is 40.5 Å². The van der Waals surface area contributed by atoms with E-state index in [9.17, 15) is 0 Å². The van der Waals surface area contributed by atoms with Gasteiger partial charge in [0.1, 0.15) is 0 Å². The van der Waals surface area contributed by atoms with Crippen LogP contribution < -0.4 is 0 Å². The SMILES string of the molecule is C#C[C@@H]1CCN(C)C[C@@]1(C)CC.CC. The normalized spacial score (nSPS) is 32.7. The summed E-state index contributed by atoms with van der Waals surface area (Å²) in [6.07, 6.45) is 7.88. The van der Waals surface area contributed by atoms with E-state index in [-0.39, 0.29) is 0 Å². The third-order valence-electron chi connectivity index (χ3n) is 3.28. The fourth-order valence-electron chi connectivity index (χ4n) is 2.15. The summed E-state index contributed by atoms with van der Waals surface area (Å²) in [5.74, 6) is 3.42. The van der Waals surface area contributed by atoms with Crippen molar-refractivity contribution in [3.8, 4) is 12.3 Å². The first kappa shape index (κ1) is 13.5. The van der Waals surface area contributed by atoms with Crippen molar-refractivity contribution in [3.63, 3.8) is 0 Å². The molecule has 0 aliphatic carbocycles. The average Bonchev–Trinajstić information content (AvgIpc) is 2.21. The Bertz CT molecular complexity index is 192. The van der Waals surface area contributed by atoms with Gasteiger partial charge in [0.15, 0.2) is 0 Å². The van der Waals surface area contributed by atoms with Crippen LogP contribution in [0.5, 0.6) is 0 Å². The highest BCUT2D eigenvalue weighted by Crippen LogP contribution is 2.37. The molecule has 82 valence electrons. The lowest BCUT2D eigenvalue weighted by molar-refractivity contribution is 0.0830. The number of terminal acetylenes is 1. The summed E-state index contributed by atoms with van der Waals surface area (Å²) < 4.78 is 0. The molecule has 14 heavy (non-hydrogen) atoms. The number of likely N-dealkylation sites (tertiary alicyclic amines) is 1. The van der Waals surface area contributed by atoms with E-state index >= 15 is 0 Å². The van der Waals surface area contributed by atoms with E-state index in [1.165, 1.54) is 6.42 Å². The van der Waals surface area contributed by atoms with Crippen LogP contribution >= 0.6 is 0 Å². The van der Waals surface area contributed by atoms with Gasteiger partial charge in [-0.05, 0) is 31.8 Å². The highest BCUT2D eigenvalue weighted by molar-refractivity contribution is 5.04. The van der Waals surface area contributed by atoms with E-state index in [0.29, 0.717) is 11.3 Å². The lowest BCUT2D eigenvalue weighted by Gasteiger charge is -2.42. The molecule has 1 heterocycles. The van der Waals surface area contributed by atoms with E-state index in [4.69, 9.17) is 6.42 Å². The molecule has 1 heteroatoms. The fourth-order valence-corrected chi connectivity index (χ4v) is 2.15. The number of hydrogen-bond donors (Lipinski definition) is 0. The van der Waals surface area contributed by atoms with Gasteiger partial charge in [0.25, 0.3) is 0 Å². The van der Waals surface area contributed by atoms with Gasteiger partial charge in [-0.3, -0.25) is 0 Å². The van der Waals surface area contributed by atoms with E-state index in [1.807, 2.05) is 13.8 Å². The van der Waals surface area contributed by atoms with Crippen LogP contribution in [0.3, 0.4) is 0 Å². The molecular formula is C13H25N. The van der Waals surface area contributed by atoms with Gasteiger partial charge in [-0.15, -0.1) is 12.3 Å². The molecule has 1 nitrogen and oxygen atoms in total. The van der Waals surface area contributed by atoms with Crippen LogP contribution in [0.2, 0.25) is 0 Å². The molecule has 1 aliphatic rings. The Hall–Kier alpha value is -0.480. The zero-order chi connectivity index (χ0) is 11.2. The summed E-state index contributed by atoms with van der Waals surface area (Å²) in [5, 5.41) is 0. The maximum absolute atomic E-state index is 5.53. The van der Waals surface area contributed by atoms with Crippen molar-refractivity contribution in [2.24, 2.45) is 11.3 Å². The summed E-state index contributed by atoms with van der Waals surface area (Å²) in [7, 11) is 2.18. The average molecular weight is 195 g/mol. The molecule has 2 atom stereocenters. The number of piperidine rings is 1. The zero-order valence-corrected chi connectivity index (χ0v) is 10.4. The third kappa shape index (κ3) is 3.03. The molecule has 0 bridgehead atoms. The fraction of sp³-hybridized carbons (Fsp3) is 0.846. The van der Waals surface area contributed by atoms with Crippen LogP contribution in [0.15, 0.2) is 0 Å². The predicted molar refractivity (Wildman–Crippen MR) is 64.2 cm³/mol. The maximum Gasteiger partial charge on any atom is 0.0278 e. The Labute approximate surface area is 89.9 Å². The molecule has 0 spiro atoms. The van der Waals surface area contributed by atoms with Gasteiger partial charge >= 0.3 is 0 Å². The van der Waals surface area contributed by atoms with Crippen LogP contribution in [0.25, 0.3) is 0 Å². The molecule has 1 aliphatic heterocycles. The second-order valence-electron chi connectivity index (χ2n) is 4.25. The highest BCUT2D eigenvalue weighted by Gasteiger charge is 2.35. The minimum atomic E-state index is 0.349. The van der Waals surface area contributed by atoms with Gasteiger partial charge in [0.2, 0.25) is 0 Å². The van der Waals surface area contributed by atoms with E-state index in [1.54, 1.807) is 0 Å². The number of rotatable bonds is 1. The molecular weight excluding hydrogens is 170 g/mol. The first-order chi connectivity index (χ1) is 6.62. The Kier molecular flexibility index (Phi) is 5.88. The minimum Gasteiger partial charge on any atom is -0.306 e. The zero-order valence-electron chi connectivity index (χ0n) is 10.4. The largest absolute Gasteiger partial charge is 0.306 e. The standard InChI is InChI=1S/C11H19N.C2H6/c1-5-10-7-8-12(4)9-11(10,3)6-2;1-2/h1,10H,6-9H2,2-4H3;1-2H3/t10-,11-;/m1./s1. The Morgan fingerprint density at radius 1 is 1.50 bits per heavy atom. The minimum absolute atomic E-state index is 0.349. The second-order valence-corrected chi connectivity index (χ2v) is 4.25. The van der Waals surface area contributed by atoms with Gasteiger partial charge in [-0.2, -0.15) is 0 Å². The van der Waals surface area contributed by atoms with Crippen molar-refractivity contribution >= 4 is 0 Å². The molecule has 1 saturated heterocycles. The predicted octanol–water partition coefficient (Wildman–Crippen LogP) is 3.01. The van der Waals surface area contributed by atoms with Crippen LogP contribution in [0.4, 0.5) is 0 Å². The van der Waals surface area contributed by atoms with Crippen molar-refractivity contribution in [1.82, 2.24) is 4.90 Å². The maximum atomic E-state index is 5.53. The molecule has 1 fully saturated rings. The lowest BCUT2D eigenvalue weighted by Crippen LogP contribution is -2.44. The van der Waals surface area contributed by atoms with E-state index in [0.717, 1.165) is 19.5 Å². The number of nitrogens with zero attached hydrogens (tertiary/aromatic N) is 1. The molecule has 0 saturated carbocycles. The van der Waals surface area contributed by atoms with Gasteiger partial charge in [0, 0.05) is 12.5 Å². The molecule has 0 N–H and O–H groups in total. The summed E-state index contributed by atoms with van der Waals surface area (Å²) >= 11 is 0. The second kappa shape index (κ2) is 6.09. The first-order valence-corrected chi connectivity index (χ1v) is 5.77. The first-order valence-electron chi connectivity index (χ1n) is 5.77. The van der Waals surface area contributed by atoms with Crippen LogP contribution in [0, 0.1) is 23.7 Å². The monoisotopic (exact) mass is 195 g/mol. The Morgan fingerprint density at radius 2 is 2.07 bits per heavy atom. The molecule has 0 aromatic rings. The molecule has 0 aromatic carbocycles. The molecule has 0 unspecified atom stereocenters. The lowest BCUT2D eigenvalue weighted by atomic mass is 9.71. The highest BCUT2D eigenvalue weighted by atomic mass is 15.1. The molecule has 1 rings (SSSR count). The van der Waals surface area contributed by atoms with Crippen molar-refractivity contribution in [1.29, 1.82) is 0 Å². The topological polar surface area (TPSA) is 3.24 Å². The number of hydrogen-bond acceptors (Lipinski definition) is 1. The van der Waals surface area contributed by atoms with Crippen molar-refractivity contribution in [3.05, 3.63) is 0 Å².